The number of hydrogen-bond donors (Lipinski definition) is 0. The molecule has 2 heterocycles. The lowest BCUT2D eigenvalue weighted by atomic mass is 10.1. The molecular weight excluding hydrogens is 452 g/mol. The summed E-state index contributed by atoms with van der Waals surface area (Å²) >= 11 is 1.36. The molecule has 8 nitrogen and oxygen atoms in total. The molecule has 0 spiro atoms. The van der Waals surface area contributed by atoms with Crippen LogP contribution in [0.15, 0.2) is 58.7 Å². The molecule has 0 radical (unpaired) electrons. The number of nitrogens with zero attached hydrogens (tertiary/aromatic N) is 4. The van der Waals surface area contributed by atoms with Crippen LogP contribution in [0.5, 0.6) is 11.5 Å². The molecule has 4 aromatic rings. The molecule has 0 saturated heterocycles. The Bertz CT molecular complexity index is 1330. The number of thiazole rings is 1. The molecule has 9 heteroatoms. The van der Waals surface area contributed by atoms with Crippen molar-refractivity contribution in [2.75, 3.05) is 26.8 Å². The fourth-order valence-electron chi connectivity index (χ4n) is 3.57. The van der Waals surface area contributed by atoms with Gasteiger partial charge in [-0.15, -0.1) is 11.3 Å². The number of fused-ring (bicyclic) bond motifs is 1. The SMILES string of the molecule is CCN(CC)C(=O)COc1ccc(-c2csc3nc(=O)c(Cc4ccc(OC)cc4)nn23)cc1. The molecule has 0 unspecified atom stereocenters. The quantitative estimate of drug-likeness (QED) is 0.365. The maximum absolute atomic E-state index is 12.5. The summed E-state index contributed by atoms with van der Waals surface area (Å²) in [4.78, 5) is 31.2. The number of ether oxygens (including phenoxy) is 2. The summed E-state index contributed by atoms with van der Waals surface area (Å²) in [5, 5.41) is 6.53. The van der Waals surface area contributed by atoms with Crippen LogP contribution >= 0.6 is 11.3 Å². The zero-order chi connectivity index (χ0) is 24.1. The molecule has 2 aromatic heterocycles. The zero-order valence-electron chi connectivity index (χ0n) is 19.4. The van der Waals surface area contributed by atoms with Gasteiger partial charge in [-0.3, -0.25) is 9.59 Å². The number of aromatic nitrogens is 3. The van der Waals surface area contributed by atoms with Gasteiger partial charge in [-0.25, -0.2) is 4.52 Å². The van der Waals surface area contributed by atoms with Crippen molar-refractivity contribution in [3.05, 3.63) is 75.5 Å². The Balaban J connectivity index is 1.54. The minimum atomic E-state index is -0.328. The normalized spacial score (nSPS) is 10.9. The van der Waals surface area contributed by atoms with E-state index in [4.69, 9.17) is 9.47 Å². The Morgan fingerprint density at radius 1 is 1.03 bits per heavy atom. The van der Waals surface area contributed by atoms with E-state index in [1.165, 1.54) is 11.3 Å². The second-order valence-electron chi connectivity index (χ2n) is 7.58. The van der Waals surface area contributed by atoms with Crippen LogP contribution in [0.2, 0.25) is 0 Å². The highest BCUT2D eigenvalue weighted by molar-refractivity contribution is 7.15. The van der Waals surface area contributed by atoms with E-state index in [2.05, 4.69) is 10.1 Å². The van der Waals surface area contributed by atoms with Gasteiger partial charge >= 0.3 is 0 Å². The predicted molar refractivity (Wildman–Crippen MR) is 132 cm³/mol. The molecule has 4 rings (SSSR count). The smallest absolute Gasteiger partial charge is 0.296 e. The van der Waals surface area contributed by atoms with Crippen molar-refractivity contribution in [2.24, 2.45) is 0 Å². The number of carbonyl (C=O) groups excluding carboxylic acids is 1. The third kappa shape index (κ3) is 5.09. The molecule has 176 valence electrons. The van der Waals surface area contributed by atoms with Crippen LogP contribution in [0, 0.1) is 0 Å². The van der Waals surface area contributed by atoms with Crippen LogP contribution in [0.1, 0.15) is 25.1 Å². The van der Waals surface area contributed by atoms with Crippen LogP contribution in [-0.2, 0) is 11.2 Å². The van der Waals surface area contributed by atoms with Crippen LogP contribution < -0.4 is 15.0 Å². The zero-order valence-corrected chi connectivity index (χ0v) is 20.2. The fraction of sp³-hybridized carbons (Fsp3) is 0.280. The molecule has 2 aromatic carbocycles. The van der Waals surface area contributed by atoms with Crippen LogP contribution in [0.25, 0.3) is 16.2 Å². The van der Waals surface area contributed by atoms with E-state index in [0.717, 1.165) is 22.6 Å². The topological polar surface area (TPSA) is 86.0 Å². The van der Waals surface area contributed by atoms with Gasteiger partial charge in [-0.1, -0.05) is 12.1 Å². The summed E-state index contributed by atoms with van der Waals surface area (Å²) in [7, 11) is 1.61. The van der Waals surface area contributed by atoms with Gasteiger partial charge in [0.15, 0.2) is 6.61 Å². The molecule has 0 aliphatic carbocycles. The lowest BCUT2D eigenvalue weighted by molar-refractivity contribution is -0.132. The highest BCUT2D eigenvalue weighted by Gasteiger charge is 2.14. The number of amides is 1. The summed E-state index contributed by atoms with van der Waals surface area (Å²) in [6, 6.07) is 15.0. The third-order valence-corrected chi connectivity index (χ3v) is 6.33. The second-order valence-corrected chi connectivity index (χ2v) is 8.42. The van der Waals surface area contributed by atoms with Crippen LogP contribution in [0.3, 0.4) is 0 Å². The van der Waals surface area contributed by atoms with Crippen molar-refractivity contribution >= 4 is 22.2 Å². The lowest BCUT2D eigenvalue weighted by Gasteiger charge is -2.18. The van der Waals surface area contributed by atoms with E-state index in [9.17, 15) is 9.59 Å². The van der Waals surface area contributed by atoms with Gasteiger partial charge in [0.05, 0.1) is 12.8 Å². The summed E-state index contributed by atoms with van der Waals surface area (Å²) in [5.41, 5.74) is 2.73. The Morgan fingerprint density at radius 3 is 2.35 bits per heavy atom. The van der Waals surface area contributed by atoms with Crippen molar-refractivity contribution in [3.8, 4) is 22.8 Å². The van der Waals surface area contributed by atoms with Gasteiger partial charge < -0.3 is 14.4 Å². The molecule has 1 amide bonds. The van der Waals surface area contributed by atoms with Crippen LogP contribution in [0.4, 0.5) is 0 Å². The van der Waals surface area contributed by atoms with Gasteiger partial charge in [0.25, 0.3) is 11.5 Å². The summed E-state index contributed by atoms with van der Waals surface area (Å²) in [5.74, 6) is 1.33. The fourth-order valence-corrected chi connectivity index (χ4v) is 4.40. The van der Waals surface area contributed by atoms with Crippen molar-refractivity contribution in [1.82, 2.24) is 19.5 Å². The Hall–Kier alpha value is -3.72. The summed E-state index contributed by atoms with van der Waals surface area (Å²) in [6.45, 7) is 5.21. The monoisotopic (exact) mass is 478 g/mol. The second kappa shape index (κ2) is 10.5. The van der Waals surface area contributed by atoms with E-state index in [-0.39, 0.29) is 18.1 Å². The van der Waals surface area contributed by atoms with Crippen molar-refractivity contribution in [1.29, 1.82) is 0 Å². The van der Waals surface area contributed by atoms with Gasteiger partial charge in [0.2, 0.25) is 4.96 Å². The first kappa shape index (κ1) is 23.4. The van der Waals surface area contributed by atoms with Crippen LogP contribution in [-0.4, -0.2) is 52.2 Å². The molecule has 0 saturated carbocycles. The van der Waals surface area contributed by atoms with Gasteiger partial charge in [-0.2, -0.15) is 10.1 Å². The predicted octanol–water partition coefficient (Wildman–Crippen LogP) is 3.66. The number of methoxy groups -OCH3 is 1. The molecule has 0 aliphatic rings. The largest absolute Gasteiger partial charge is 0.497 e. The van der Waals surface area contributed by atoms with Crippen molar-refractivity contribution in [2.45, 2.75) is 20.3 Å². The standard InChI is InChI=1S/C25H26N4O4S/c1-4-28(5-2)23(30)15-33-20-12-8-18(9-13-20)22-16-34-25-26-24(31)21(27-29(22)25)14-17-6-10-19(32-3)11-7-17/h6-13,16H,4-5,14-15H2,1-3H3. The summed E-state index contributed by atoms with van der Waals surface area (Å²) < 4.78 is 12.5. The Morgan fingerprint density at radius 2 is 1.71 bits per heavy atom. The number of hydrogen-bond acceptors (Lipinski definition) is 7. The number of likely N-dealkylation sites (N-methyl/N-ethyl adjacent to an activating group) is 1. The van der Waals surface area contributed by atoms with E-state index < -0.39 is 0 Å². The van der Waals surface area contributed by atoms with E-state index in [1.54, 1.807) is 16.5 Å². The van der Waals surface area contributed by atoms with Gasteiger partial charge in [-0.05, 0) is 55.8 Å². The molecule has 0 N–H and O–H groups in total. The first-order chi connectivity index (χ1) is 16.5. The molecule has 0 fully saturated rings. The Labute approximate surface area is 201 Å². The average molecular weight is 479 g/mol. The van der Waals surface area contributed by atoms with Crippen molar-refractivity contribution in [3.63, 3.8) is 0 Å². The first-order valence-electron chi connectivity index (χ1n) is 11.0. The minimum Gasteiger partial charge on any atom is -0.497 e. The number of rotatable bonds is 9. The van der Waals surface area contributed by atoms with E-state index in [0.29, 0.717) is 35.9 Å². The molecule has 0 aliphatic heterocycles. The molecule has 0 bridgehead atoms. The average Bonchev–Trinajstić information content (AvgIpc) is 3.27. The maximum atomic E-state index is 12.5. The van der Waals surface area contributed by atoms with Gasteiger partial charge in [0, 0.05) is 30.5 Å². The Kier molecular flexibility index (Phi) is 7.22. The highest BCUT2D eigenvalue weighted by Crippen LogP contribution is 2.26. The first-order valence-corrected chi connectivity index (χ1v) is 11.9. The van der Waals surface area contributed by atoms with Crippen molar-refractivity contribution < 1.29 is 14.3 Å². The summed E-state index contributed by atoms with van der Waals surface area (Å²) in [6.07, 6.45) is 0.376. The molecular formula is C25H26N4O4S. The van der Waals surface area contributed by atoms with Gasteiger partial charge in [0.1, 0.15) is 17.2 Å². The number of carbonyl (C=O) groups is 1. The molecule has 34 heavy (non-hydrogen) atoms. The molecule has 0 atom stereocenters. The lowest BCUT2D eigenvalue weighted by Crippen LogP contribution is -2.34. The van der Waals surface area contributed by atoms with E-state index >= 15 is 0 Å². The number of benzene rings is 2. The highest BCUT2D eigenvalue weighted by atomic mass is 32.1. The third-order valence-electron chi connectivity index (χ3n) is 5.51. The van der Waals surface area contributed by atoms with E-state index in [1.807, 2.05) is 67.8 Å². The minimum absolute atomic E-state index is 0.00360. The maximum Gasteiger partial charge on any atom is 0.296 e.